The van der Waals surface area contributed by atoms with Crippen molar-refractivity contribution in [2.45, 2.75) is 25.5 Å². The van der Waals surface area contributed by atoms with Crippen LogP contribution >= 0.6 is 11.8 Å². The van der Waals surface area contributed by atoms with Crippen LogP contribution in [-0.4, -0.2) is 26.4 Å². The number of nitrogens with zero attached hydrogens (tertiary/aromatic N) is 3. The lowest BCUT2D eigenvalue weighted by Gasteiger charge is -2.09. The number of thioether (sulfide) groups is 1. The Bertz CT molecular complexity index is 911. The summed E-state index contributed by atoms with van der Waals surface area (Å²) in [5, 5.41) is 11.6. The van der Waals surface area contributed by atoms with Gasteiger partial charge in [0.15, 0.2) is 5.16 Å². The fraction of sp³-hybridized carbons (Fsp3) is 0.211. The molecule has 0 atom stereocenters. The Kier molecular flexibility index (Phi) is 5.68. The molecule has 0 unspecified atom stereocenters. The van der Waals surface area contributed by atoms with Crippen molar-refractivity contribution in [3.05, 3.63) is 71.3 Å². The molecule has 0 saturated heterocycles. The highest BCUT2D eigenvalue weighted by atomic mass is 32.2. The van der Waals surface area contributed by atoms with Crippen LogP contribution < -0.4 is 5.32 Å². The van der Waals surface area contributed by atoms with Gasteiger partial charge in [-0.25, -0.2) is 4.39 Å². The van der Waals surface area contributed by atoms with E-state index >= 15 is 0 Å². The molecular weight excluding hydrogens is 351 g/mol. The fourth-order valence-electron chi connectivity index (χ4n) is 2.41. The summed E-state index contributed by atoms with van der Waals surface area (Å²) < 4.78 is 15.5. The number of nitrogens with one attached hydrogen (secondary N) is 1. The lowest BCUT2D eigenvalue weighted by Crippen LogP contribution is -2.15. The van der Waals surface area contributed by atoms with Gasteiger partial charge in [0, 0.05) is 5.69 Å². The molecule has 3 aromatic rings. The van der Waals surface area contributed by atoms with Gasteiger partial charge in [0.2, 0.25) is 5.91 Å². The second-order valence-electron chi connectivity index (χ2n) is 5.90. The number of rotatable bonds is 6. The third-order valence-electron chi connectivity index (χ3n) is 3.87. The average molecular weight is 370 g/mol. The van der Waals surface area contributed by atoms with Gasteiger partial charge in [-0.2, -0.15) is 0 Å². The van der Waals surface area contributed by atoms with E-state index in [1.807, 2.05) is 41.8 Å². The summed E-state index contributed by atoms with van der Waals surface area (Å²) in [6.45, 7) is 4.21. The summed E-state index contributed by atoms with van der Waals surface area (Å²) in [5.41, 5.74) is 2.12. The molecular formula is C19H19FN4OS. The zero-order valence-electron chi connectivity index (χ0n) is 14.6. The quantitative estimate of drug-likeness (QED) is 0.670. The van der Waals surface area contributed by atoms with Crippen LogP contribution in [0.25, 0.3) is 0 Å². The molecule has 2 aromatic carbocycles. The molecule has 0 saturated carbocycles. The molecule has 5 nitrogen and oxygen atoms in total. The zero-order valence-corrected chi connectivity index (χ0v) is 15.4. The van der Waals surface area contributed by atoms with Crippen molar-refractivity contribution in [1.82, 2.24) is 14.8 Å². The van der Waals surface area contributed by atoms with E-state index in [1.54, 1.807) is 19.1 Å². The van der Waals surface area contributed by atoms with Gasteiger partial charge in [0.1, 0.15) is 11.6 Å². The summed E-state index contributed by atoms with van der Waals surface area (Å²) in [6, 6.07) is 14.6. The Labute approximate surface area is 155 Å². The van der Waals surface area contributed by atoms with E-state index in [4.69, 9.17) is 0 Å². The topological polar surface area (TPSA) is 59.8 Å². The minimum absolute atomic E-state index is 0.169. The number of aromatic nitrogens is 3. The van der Waals surface area contributed by atoms with E-state index in [1.165, 1.54) is 17.8 Å². The molecule has 1 heterocycles. The molecule has 0 aliphatic rings. The predicted molar refractivity (Wildman–Crippen MR) is 101 cm³/mol. The summed E-state index contributed by atoms with van der Waals surface area (Å²) >= 11 is 1.31. The molecule has 134 valence electrons. The molecule has 0 aliphatic carbocycles. The van der Waals surface area contributed by atoms with Gasteiger partial charge in [-0.15, -0.1) is 10.2 Å². The van der Waals surface area contributed by atoms with E-state index in [0.717, 1.165) is 11.4 Å². The summed E-state index contributed by atoms with van der Waals surface area (Å²) in [7, 11) is 0. The smallest absolute Gasteiger partial charge is 0.234 e. The van der Waals surface area contributed by atoms with E-state index in [0.29, 0.717) is 23.0 Å². The molecule has 0 spiro atoms. The third kappa shape index (κ3) is 4.49. The highest BCUT2D eigenvalue weighted by Crippen LogP contribution is 2.19. The largest absolute Gasteiger partial charge is 0.325 e. The maximum atomic E-state index is 13.6. The van der Waals surface area contributed by atoms with Gasteiger partial charge in [0.05, 0.1) is 12.3 Å². The Hall–Kier alpha value is -2.67. The Morgan fingerprint density at radius 1 is 1.15 bits per heavy atom. The molecule has 0 radical (unpaired) electrons. The summed E-state index contributed by atoms with van der Waals surface area (Å²) in [6.07, 6.45) is 0. The van der Waals surface area contributed by atoms with Crippen LogP contribution in [0.5, 0.6) is 0 Å². The van der Waals surface area contributed by atoms with Gasteiger partial charge in [-0.1, -0.05) is 48.2 Å². The molecule has 3 rings (SSSR count). The van der Waals surface area contributed by atoms with Crippen LogP contribution in [0, 0.1) is 19.7 Å². The minimum atomic E-state index is -0.339. The van der Waals surface area contributed by atoms with Crippen LogP contribution in [0.3, 0.4) is 0 Å². The van der Waals surface area contributed by atoms with Gasteiger partial charge in [-0.3, -0.25) is 4.79 Å². The number of hydrogen-bond acceptors (Lipinski definition) is 4. The van der Waals surface area contributed by atoms with Crippen molar-refractivity contribution >= 4 is 23.4 Å². The van der Waals surface area contributed by atoms with Crippen molar-refractivity contribution in [2.75, 3.05) is 11.1 Å². The first-order valence-corrected chi connectivity index (χ1v) is 9.14. The normalized spacial score (nSPS) is 10.7. The molecule has 1 N–H and O–H groups in total. The second-order valence-corrected chi connectivity index (χ2v) is 6.84. The van der Waals surface area contributed by atoms with E-state index in [9.17, 15) is 9.18 Å². The van der Waals surface area contributed by atoms with E-state index in [-0.39, 0.29) is 17.5 Å². The fourth-order valence-corrected chi connectivity index (χ4v) is 3.20. The van der Waals surface area contributed by atoms with E-state index < -0.39 is 0 Å². The summed E-state index contributed by atoms with van der Waals surface area (Å²) in [4.78, 5) is 12.1. The highest BCUT2D eigenvalue weighted by Gasteiger charge is 2.12. The van der Waals surface area contributed by atoms with E-state index in [2.05, 4.69) is 15.5 Å². The maximum absolute atomic E-state index is 13.6. The van der Waals surface area contributed by atoms with Crippen LogP contribution in [0.4, 0.5) is 10.1 Å². The predicted octanol–water partition coefficient (Wildman–Crippen LogP) is 3.81. The first kappa shape index (κ1) is 18.1. The van der Waals surface area contributed by atoms with Crippen molar-refractivity contribution in [3.63, 3.8) is 0 Å². The SMILES string of the molecule is Cc1ccc(NC(=O)CSc2nnc(C)n2Cc2ccccc2)cc1F. The standard InChI is InChI=1S/C19H19FN4OS/c1-13-8-9-16(10-17(13)20)21-18(25)12-26-19-23-22-14(2)24(19)11-15-6-4-3-5-7-15/h3-10H,11-12H2,1-2H3,(H,21,25). The zero-order chi connectivity index (χ0) is 18.5. The van der Waals surface area contributed by atoms with Crippen LogP contribution in [0.1, 0.15) is 17.0 Å². The van der Waals surface area contributed by atoms with Crippen LogP contribution in [-0.2, 0) is 11.3 Å². The van der Waals surface area contributed by atoms with Gasteiger partial charge in [0.25, 0.3) is 0 Å². The third-order valence-corrected chi connectivity index (χ3v) is 4.84. The molecule has 26 heavy (non-hydrogen) atoms. The lowest BCUT2D eigenvalue weighted by molar-refractivity contribution is -0.113. The molecule has 1 amide bonds. The van der Waals surface area contributed by atoms with Gasteiger partial charge < -0.3 is 9.88 Å². The number of carbonyl (C=O) groups is 1. The number of aryl methyl sites for hydroxylation is 2. The number of hydrogen-bond donors (Lipinski definition) is 1. The van der Waals surface area contributed by atoms with Crippen molar-refractivity contribution in [1.29, 1.82) is 0 Å². The van der Waals surface area contributed by atoms with Gasteiger partial charge >= 0.3 is 0 Å². The monoisotopic (exact) mass is 370 g/mol. The number of anilines is 1. The van der Waals surface area contributed by atoms with Crippen molar-refractivity contribution in [3.8, 4) is 0 Å². The Balaban J connectivity index is 1.62. The van der Waals surface area contributed by atoms with Crippen molar-refractivity contribution in [2.24, 2.45) is 0 Å². The lowest BCUT2D eigenvalue weighted by atomic mass is 10.2. The number of benzene rings is 2. The average Bonchev–Trinajstić information content (AvgIpc) is 2.97. The van der Waals surface area contributed by atoms with Crippen molar-refractivity contribution < 1.29 is 9.18 Å². The Morgan fingerprint density at radius 2 is 1.92 bits per heavy atom. The first-order valence-electron chi connectivity index (χ1n) is 8.15. The maximum Gasteiger partial charge on any atom is 0.234 e. The second kappa shape index (κ2) is 8.14. The molecule has 7 heteroatoms. The molecule has 0 bridgehead atoms. The molecule has 1 aromatic heterocycles. The number of halogens is 1. The molecule has 0 aliphatic heterocycles. The van der Waals surface area contributed by atoms with Gasteiger partial charge in [-0.05, 0) is 37.1 Å². The van der Waals surface area contributed by atoms with Crippen LogP contribution in [0.2, 0.25) is 0 Å². The highest BCUT2D eigenvalue weighted by molar-refractivity contribution is 7.99. The minimum Gasteiger partial charge on any atom is -0.325 e. The Morgan fingerprint density at radius 3 is 2.65 bits per heavy atom. The number of carbonyl (C=O) groups excluding carboxylic acids is 1. The first-order chi connectivity index (χ1) is 12.5. The molecule has 0 fully saturated rings. The van der Waals surface area contributed by atoms with Crippen LogP contribution in [0.15, 0.2) is 53.7 Å². The number of amides is 1. The summed E-state index contributed by atoms with van der Waals surface area (Å²) in [5.74, 6) is 0.402.